The van der Waals surface area contributed by atoms with Crippen LogP contribution in [0.15, 0.2) is 65.4 Å². The van der Waals surface area contributed by atoms with Crippen molar-refractivity contribution in [3.05, 3.63) is 81.2 Å². The third-order valence-corrected chi connectivity index (χ3v) is 5.59. The summed E-state index contributed by atoms with van der Waals surface area (Å²) in [5.74, 6) is -1.82. The maximum Gasteiger partial charge on any atom is 0.261 e. The van der Waals surface area contributed by atoms with Crippen LogP contribution in [0.3, 0.4) is 0 Å². The number of benzene rings is 2. The number of carbonyl (C=O) groups is 1. The molecule has 0 aromatic heterocycles. The summed E-state index contributed by atoms with van der Waals surface area (Å²) in [6.07, 6.45) is 7.65. The van der Waals surface area contributed by atoms with Crippen LogP contribution >= 0.6 is 22.6 Å². The number of ether oxygens (including phenoxy) is 1. The predicted octanol–water partition coefficient (Wildman–Crippen LogP) is 4.51. The molecule has 0 saturated carbocycles. The Kier molecular flexibility index (Phi) is 5.35. The van der Waals surface area contributed by atoms with Crippen LogP contribution in [0.4, 0.5) is 20.2 Å². The van der Waals surface area contributed by atoms with Crippen LogP contribution in [-0.4, -0.2) is 31.4 Å². The Hall–Kier alpha value is -2.75. The molecule has 1 aliphatic carbocycles. The van der Waals surface area contributed by atoms with Crippen molar-refractivity contribution in [2.45, 2.75) is 12.1 Å². The van der Waals surface area contributed by atoms with Crippen molar-refractivity contribution in [2.24, 2.45) is 4.99 Å². The molecule has 2 atom stereocenters. The zero-order chi connectivity index (χ0) is 20.5. The Morgan fingerprint density at radius 3 is 2.69 bits per heavy atom. The fraction of sp³-hybridized carbons (Fsp3) is 0.143. The highest BCUT2D eigenvalue weighted by Crippen LogP contribution is 2.29. The van der Waals surface area contributed by atoms with Gasteiger partial charge in [0.1, 0.15) is 17.1 Å². The molecule has 2 aliphatic rings. The molecule has 1 amide bonds. The predicted molar refractivity (Wildman–Crippen MR) is 116 cm³/mol. The number of carbonyl (C=O) groups excluding carboxylic acids is 1. The Morgan fingerprint density at radius 2 is 1.97 bits per heavy atom. The first kappa shape index (κ1) is 19.6. The number of rotatable bonds is 4. The van der Waals surface area contributed by atoms with Gasteiger partial charge in [-0.3, -0.25) is 9.79 Å². The molecule has 1 heterocycles. The first-order chi connectivity index (χ1) is 14.0. The van der Waals surface area contributed by atoms with Gasteiger partial charge in [-0.05, 0) is 71.1 Å². The average molecular weight is 507 g/mol. The monoisotopic (exact) mass is 507 g/mol. The number of anilines is 2. The normalized spacial score (nSPS) is 19.7. The van der Waals surface area contributed by atoms with E-state index >= 15 is 0 Å². The van der Waals surface area contributed by atoms with Crippen LogP contribution in [0, 0.1) is 15.2 Å². The van der Waals surface area contributed by atoms with Crippen LogP contribution < -0.4 is 10.2 Å². The Balaban J connectivity index is 1.49. The second-order valence-corrected chi connectivity index (χ2v) is 7.67. The van der Waals surface area contributed by atoms with Crippen molar-refractivity contribution in [2.75, 3.05) is 17.3 Å². The first-order valence-corrected chi connectivity index (χ1v) is 9.86. The summed E-state index contributed by atoms with van der Waals surface area (Å²) in [4.78, 5) is 18.8. The van der Waals surface area contributed by atoms with Crippen LogP contribution in [0.5, 0.6) is 0 Å². The molecule has 0 fully saturated rings. The van der Waals surface area contributed by atoms with E-state index in [0.29, 0.717) is 5.69 Å². The molecule has 4 rings (SSSR count). The molecule has 8 heteroatoms. The van der Waals surface area contributed by atoms with Gasteiger partial charge in [-0.25, -0.2) is 8.78 Å². The zero-order valence-electron chi connectivity index (χ0n) is 15.3. The number of hydrogen-bond acceptors (Lipinski definition) is 4. The second kappa shape index (κ2) is 7.94. The molecule has 1 N–H and O–H groups in total. The second-order valence-electron chi connectivity index (χ2n) is 6.50. The van der Waals surface area contributed by atoms with E-state index in [2.05, 4.69) is 10.3 Å². The van der Waals surface area contributed by atoms with Gasteiger partial charge in [0.25, 0.3) is 5.91 Å². The molecule has 2 unspecified atom stereocenters. The molecule has 1 aliphatic heterocycles. The van der Waals surface area contributed by atoms with Gasteiger partial charge in [0.2, 0.25) is 0 Å². The zero-order valence-corrected chi connectivity index (χ0v) is 17.4. The number of methoxy groups -OCH3 is 1. The summed E-state index contributed by atoms with van der Waals surface area (Å²) < 4.78 is 33.5. The number of amides is 1. The summed E-state index contributed by atoms with van der Waals surface area (Å²) in [7, 11) is 1.62. The molecule has 29 heavy (non-hydrogen) atoms. The average Bonchev–Trinajstić information content (AvgIpc) is 3.14. The number of aliphatic imine (C=N–C) groups is 1. The van der Waals surface area contributed by atoms with Gasteiger partial charge in [0.15, 0.2) is 5.82 Å². The summed E-state index contributed by atoms with van der Waals surface area (Å²) in [5, 5.41) is 2.54. The molecule has 0 spiro atoms. The third-order valence-electron chi connectivity index (χ3n) is 4.76. The molecule has 148 valence electrons. The van der Waals surface area contributed by atoms with Crippen molar-refractivity contribution in [3.63, 3.8) is 0 Å². The van der Waals surface area contributed by atoms with E-state index in [4.69, 9.17) is 4.74 Å². The van der Waals surface area contributed by atoms with Crippen molar-refractivity contribution in [3.8, 4) is 0 Å². The number of nitrogens with zero attached hydrogens (tertiary/aromatic N) is 2. The van der Waals surface area contributed by atoms with Crippen LogP contribution in [0.2, 0.25) is 0 Å². The van der Waals surface area contributed by atoms with E-state index in [9.17, 15) is 13.6 Å². The standard InChI is InChI=1S/C21H16F2IN3O2/c1-29-14-6-9-18-17(10-14)25-11-27(18)13-4-2-12(3-5-13)26-21(28)19-15(22)7-8-16(24)20(19)23/h2-11,17-18H,1H3,(H,26,28). The maximum absolute atomic E-state index is 14.1. The quantitative estimate of drug-likeness (QED) is 0.490. The summed E-state index contributed by atoms with van der Waals surface area (Å²) in [5.41, 5.74) is 0.721. The van der Waals surface area contributed by atoms with E-state index in [1.54, 1.807) is 48.2 Å². The topological polar surface area (TPSA) is 53.9 Å². The fourth-order valence-electron chi connectivity index (χ4n) is 3.26. The van der Waals surface area contributed by atoms with E-state index < -0.39 is 23.1 Å². The lowest BCUT2D eigenvalue weighted by atomic mass is 10.0. The lowest BCUT2D eigenvalue weighted by molar-refractivity contribution is 0.101. The van der Waals surface area contributed by atoms with Crippen molar-refractivity contribution in [1.29, 1.82) is 0 Å². The molecular formula is C21H16F2IN3O2. The molecule has 2 aromatic carbocycles. The van der Waals surface area contributed by atoms with Crippen LogP contribution in [0.25, 0.3) is 0 Å². The fourth-order valence-corrected chi connectivity index (χ4v) is 3.71. The largest absolute Gasteiger partial charge is 0.497 e. The van der Waals surface area contributed by atoms with E-state index in [1.165, 1.54) is 6.07 Å². The minimum absolute atomic E-state index is 0.0270. The number of allylic oxidation sites excluding steroid dienone is 1. The van der Waals surface area contributed by atoms with Crippen molar-refractivity contribution in [1.82, 2.24) is 0 Å². The van der Waals surface area contributed by atoms with Gasteiger partial charge in [-0.1, -0.05) is 6.08 Å². The first-order valence-electron chi connectivity index (χ1n) is 8.78. The van der Waals surface area contributed by atoms with E-state index in [1.807, 2.05) is 35.3 Å². The number of fused-ring (bicyclic) bond motifs is 1. The summed E-state index contributed by atoms with van der Waals surface area (Å²) >= 11 is 1.72. The van der Waals surface area contributed by atoms with Gasteiger partial charge in [-0.2, -0.15) is 0 Å². The third kappa shape index (κ3) is 3.76. The number of hydrogen-bond donors (Lipinski definition) is 1. The lowest BCUT2D eigenvalue weighted by Gasteiger charge is -2.26. The molecular weight excluding hydrogens is 491 g/mol. The Bertz CT molecular complexity index is 1050. The Morgan fingerprint density at radius 1 is 1.21 bits per heavy atom. The molecule has 0 saturated heterocycles. The van der Waals surface area contributed by atoms with Crippen molar-refractivity contribution < 1.29 is 18.3 Å². The minimum Gasteiger partial charge on any atom is -0.497 e. The van der Waals surface area contributed by atoms with Gasteiger partial charge in [-0.15, -0.1) is 0 Å². The summed E-state index contributed by atoms with van der Waals surface area (Å²) in [6, 6.07) is 9.37. The van der Waals surface area contributed by atoms with Gasteiger partial charge >= 0.3 is 0 Å². The molecule has 2 aromatic rings. The van der Waals surface area contributed by atoms with Gasteiger partial charge in [0.05, 0.1) is 25.5 Å². The van der Waals surface area contributed by atoms with E-state index in [0.717, 1.165) is 17.5 Å². The van der Waals surface area contributed by atoms with E-state index in [-0.39, 0.29) is 15.7 Å². The lowest BCUT2D eigenvalue weighted by Crippen LogP contribution is -2.35. The van der Waals surface area contributed by atoms with Crippen LogP contribution in [-0.2, 0) is 4.74 Å². The van der Waals surface area contributed by atoms with Crippen LogP contribution in [0.1, 0.15) is 10.4 Å². The highest BCUT2D eigenvalue weighted by molar-refractivity contribution is 14.1. The Labute approximate surface area is 179 Å². The SMILES string of the molecule is COC1=CC2N=CN(c3ccc(NC(=O)c4c(F)ccc(I)c4F)cc3)C2C=C1. The summed E-state index contributed by atoms with van der Waals surface area (Å²) in [6.45, 7) is 0. The van der Waals surface area contributed by atoms with Crippen molar-refractivity contribution >= 4 is 46.2 Å². The highest BCUT2D eigenvalue weighted by Gasteiger charge is 2.30. The van der Waals surface area contributed by atoms with Gasteiger partial charge < -0.3 is 15.0 Å². The molecule has 0 radical (unpaired) electrons. The van der Waals surface area contributed by atoms with Gasteiger partial charge in [0, 0.05) is 14.9 Å². The minimum atomic E-state index is -0.899. The number of halogens is 3. The smallest absolute Gasteiger partial charge is 0.261 e. The molecule has 0 bridgehead atoms. The molecule has 5 nitrogen and oxygen atoms in total. The highest BCUT2D eigenvalue weighted by atomic mass is 127. The maximum atomic E-state index is 14.1. The number of nitrogens with one attached hydrogen (secondary N) is 1.